The first-order chi connectivity index (χ1) is 12.7. The average molecular weight is 382 g/mol. The fourth-order valence-corrected chi connectivity index (χ4v) is 2.30. The van der Waals surface area contributed by atoms with Crippen molar-refractivity contribution >= 4 is 11.9 Å². The van der Waals surface area contributed by atoms with E-state index in [1.54, 1.807) is 12.1 Å². The zero-order valence-electron chi connectivity index (χ0n) is 14.5. The van der Waals surface area contributed by atoms with Crippen molar-refractivity contribution in [1.82, 2.24) is 10.3 Å². The molecule has 0 saturated heterocycles. The number of amides is 1. The summed E-state index contributed by atoms with van der Waals surface area (Å²) < 4.78 is 48.0. The van der Waals surface area contributed by atoms with Crippen molar-refractivity contribution in [3.63, 3.8) is 0 Å². The van der Waals surface area contributed by atoms with E-state index in [9.17, 15) is 22.8 Å². The van der Waals surface area contributed by atoms with E-state index in [1.807, 2.05) is 0 Å². The Morgan fingerprint density at radius 2 is 1.93 bits per heavy atom. The minimum atomic E-state index is -4.58. The molecule has 0 aliphatic heterocycles. The minimum absolute atomic E-state index is 0.0500. The second-order valence-electron chi connectivity index (χ2n) is 5.54. The van der Waals surface area contributed by atoms with Gasteiger partial charge < -0.3 is 14.8 Å². The molecule has 2 aromatic rings. The molecule has 0 aliphatic carbocycles. The Hall–Kier alpha value is -3.10. The number of nitrogens with one attached hydrogen (secondary N) is 1. The Labute approximate surface area is 153 Å². The molecule has 1 atom stereocenters. The number of carbonyl (C=O) groups is 2. The van der Waals surface area contributed by atoms with Crippen LogP contribution in [0.4, 0.5) is 13.2 Å². The zero-order valence-corrected chi connectivity index (χ0v) is 14.5. The van der Waals surface area contributed by atoms with Crippen LogP contribution in [0.5, 0.6) is 5.88 Å². The lowest BCUT2D eigenvalue weighted by atomic mass is 10.1. The number of esters is 1. The third-order valence-electron chi connectivity index (χ3n) is 3.69. The van der Waals surface area contributed by atoms with E-state index in [1.165, 1.54) is 19.4 Å². The third kappa shape index (κ3) is 5.44. The van der Waals surface area contributed by atoms with Crippen molar-refractivity contribution < 1.29 is 32.2 Å². The van der Waals surface area contributed by atoms with E-state index in [0.717, 1.165) is 25.3 Å². The molecule has 1 amide bonds. The van der Waals surface area contributed by atoms with Gasteiger partial charge in [0.05, 0.1) is 19.8 Å². The largest absolute Gasteiger partial charge is 0.481 e. The monoisotopic (exact) mass is 382 g/mol. The van der Waals surface area contributed by atoms with Crippen LogP contribution in [0.2, 0.25) is 0 Å². The van der Waals surface area contributed by atoms with Gasteiger partial charge in [-0.25, -0.2) is 9.78 Å². The molecule has 1 heterocycles. The summed E-state index contributed by atoms with van der Waals surface area (Å²) in [5, 5.41) is 2.40. The van der Waals surface area contributed by atoms with Crippen molar-refractivity contribution in [3.05, 3.63) is 59.3 Å². The highest BCUT2D eigenvalue weighted by Crippen LogP contribution is 2.29. The van der Waals surface area contributed by atoms with Gasteiger partial charge in [-0.2, -0.15) is 13.2 Å². The molecule has 0 unspecified atom stereocenters. The first kappa shape index (κ1) is 20.2. The van der Waals surface area contributed by atoms with Crippen molar-refractivity contribution in [3.8, 4) is 5.88 Å². The van der Waals surface area contributed by atoms with Crippen LogP contribution in [0.25, 0.3) is 0 Å². The van der Waals surface area contributed by atoms with Crippen molar-refractivity contribution in [2.24, 2.45) is 0 Å². The number of carbonyl (C=O) groups excluding carboxylic acids is 2. The van der Waals surface area contributed by atoms with E-state index in [2.05, 4.69) is 15.0 Å². The van der Waals surface area contributed by atoms with E-state index in [0.29, 0.717) is 11.4 Å². The number of ether oxygens (including phenoxy) is 2. The van der Waals surface area contributed by atoms with Gasteiger partial charge in [0, 0.05) is 24.2 Å². The molecule has 1 aromatic heterocycles. The molecule has 0 spiro atoms. The molecule has 0 saturated carbocycles. The summed E-state index contributed by atoms with van der Waals surface area (Å²) >= 11 is 0. The smallest absolute Gasteiger partial charge is 0.416 e. The lowest BCUT2D eigenvalue weighted by Crippen LogP contribution is -2.43. The second kappa shape index (κ2) is 8.52. The lowest BCUT2D eigenvalue weighted by molar-refractivity contribution is -0.143. The van der Waals surface area contributed by atoms with Crippen LogP contribution in [-0.4, -0.2) is 37.1 Å². The van der Waals surface area contributed by atoms with Gasteiger partial charge in [-0.3, -0.25) is 4.79 Å². The van der Waals surface area contributed by atoms with Crippen LogP contribution in [-0.2, 0) is 22.1 Å². The molecule has 1 N–H and O–H groups in total. The van der Waals surface area contributed by atoms with Gasteiger partial charge in [0.2, 0.25) is 5.88 Å². The van der Waals surface area contributed by atoms with E-state index < -0.39 is 29.7 Å². The maximum atomic E-state index is 12.8. The average Bonchev–Trinajstić information content (AvgIpc) is 2.66. The molecule has 0 aliphatic rings. The summed E-state index contributed by atoms with van der Waals surface area (Å²) in [6, 6.07) is 6.07. The van der Waals surface area contributed by atoms with Crippen LogP contribution < -0.4 is 10.1 Å². The van der Waals surface area contributed by atoms with Crippen LogP contribution in [0.1, 0.15) is 21.5 Å². The van der Waals surface area contributed by atoms with Gasteiger partial charge in [0.15, 0.2) is 0 Å². The SMILES string of the molecule is COC(=O)[C@H](Cc1ccc(OC)nc1)NC(=O)c1cccc(C(F)(F)F)c1. The Morgan fingerprint density at radius 1 is 1.19 bits per heavy atom. The standard InChI is InChI=1S/C18H17F3N2O4/c1-26-15-7-6-11(10-22-15)8-14(17(25)27-2)23-16(24)12-4-3-5-13(9-12)18(19,20)21/h3-7,9-10,14H,8H2,1-2H3,(H,23,24)/t14-/m0/s1. The predicted octanol–water partition coefficient (Wildman–Crippen LogP) is 2.62. The van der Waals surface area contributed by atoms with E-state index >= 15 is 0 Å². The van der Waals surface area contributed by atoms with Crippen LogP contribution >= 0.6 is 0 Å². The molecule has 27 heavy (non-hydrogen) atoms. The highest BCUT2D eigenvalue weighted by Gasteiger charge is 2.31. The third-order valence-corrected chi connectivity index (χ3v) is 3.69. The number of pyridine rings is 1. The first-order valence-corrected chi connectivity index (χ1v) is 7.79. The number of alkyl halides is 3. The number of hydrogen-bond donors (Lipinski definition) is 1. The molecule has 144 valence electrons. The summed E-state index contributed by atoms with van der Waals surface area (Å²) in [6.45, 7) is 0. The minimum Gasteiger partial charge on any atom is -0.481 e. The number of nitrogens with zero attached hydrogens (tertiary/aromatic N) is 1. The maximum Gasteiger partial charge on any atom is 0.416 e. The normalized spacial score (nSPS) is 12.2. The Bertz CT molecular complexity index is 807. The molecule has 0 fully saturated rings. The summed E-state index contributed by atoms with van der Waals surface area (Å²) in [6.07, 6.45) is -3.06. The molecular formula is C18H17F3N2O4. The quantitative estimate of drug-likeness (QED) is 0.778. The van der Waals surface area contributed by atoms with Crippen LogP contribution in [0.15, 0.2) is 42.6 Å². The van der Waals surface area contributed by atoms with Gasteiger partial charge in [0.1, 0.15) is 6.04 Å². The highest BCUT2D eigenvalue weighted by atomic mass is 19.4. The summed E-state index contributed by atoms with van der Waals surface area (Å²) in [4.78, 5) is 28.3. The summed E-state index contributed by atoms with van der Waals surface area (Å²) in [7, 11) is 2.60. The van der Waals surface area contributed by atoms with Crippen LogP contribution in [0.3, 0.4) is 0 Å². The molecule has 9 heteroatoms. The number of halogens is 3. The molecule has 0 radical (unpaired) electrons. The van der Waals surface area contributed by atoms with Gasteiger partial charge in [0.25, 0.3) is 5.91 Å². The molecule has 2 rings (SSSR count). The topological polar surface area (TPSA) is 77.5 Å². The van der Waals surface area contributed by atoms with E-state index in [-0.39, 0.29) is 12.0 Å². The zero-order chi connectivity index (χ0) is 20.0. The van der Waals surface area contributed by atoms with Crippen molar-refractivity contribution in [2.75, 3.05) is 14.2 Å². The summed E-state index contributed by atoms with van der Waals surface area (Å²) in [5.41, 5.74) is -0.564. The van der Waals surface area contributed by atoms with E-state index in [4.69, 9.17) is 4.74 Å². The van der Waals surface area contributed by atoms with Crippen LogP contribution in [0, 0.1) is 0 Å². The van der Waals surface area contributed by atoms with Gasteiger partial charge in [-0.15, -0.1) is 0 Å². The molecule has 0 bridgehead atoms. The second-order valence-corrected chi connectivity index (χ2v) is 5.54. The van der Waals surface area contributed by atoms with Gasteiger partial charge in [-0.05, 0) is 23.8 Å². The van der Waals surface area contributed by atoms with Gasteiger partial charge in [-0.1, -0.05) is 12.1 Å². The molecule has 1 aromatic carbocycles. The fraction of sp³-hybridized carbons (Fsp3) is 0.278. The Morgan fingerprint density at radius 3 is 2.48 bits per heavy atom. The number of benzene rings is 1. The highest BCUT2D eigenvalue weighted by molar-refractivity contribution is 5.97. The molecule has 6 nitrogen and oxygen atoms in total. The van der Waals surface area contributed by atoms with Gasteiger partial charge >= 0.3 is 12.1 Å². The van der Waals surface area contributed by atoms with Crippen molar-refractivity contribution in [2.45, 2.75) is 18.6 Å². The fourth-order valence-electron chi connectivity index (χ4n) is 2.30. The number of hydrogen-bond acceptors (Lipinski definition) is 5. The predicted molar refractivity (Wildman–Crippen MR) is 89.2 cm³/mol. The number of aromatic nitrogens is 1. The molecular weight excluding hydrogens is 365 g/mol. The Kier molecular flexibility index (Phi) is 6.38. The lowest BCUT2D eigenvalue weighted by Gasteiger charge is -2.17. The Balaban J connectivity index is 2.17. The first-order valence-electron chi connectivity index (χ1n) is 7.79. The maximum absolute atomic E-state index is 12.8. The summed E-state index contributed by atoms with van der Waals surface area (Å²) in [5.74, 6) is -1.18. The number of methoxy groups -OCH3 is 2. The number of rotatable bonds is 6. The van der Waals surface area contributed by atoms with Crippen molar-refractivity contribution in [1.29, 1.82) is 0 Å².